The minimum atomic E-state index is -0.415. The Balaban J connectivity index is 2.53. The Hall–Kier alpha value is -1.90. The van der Waals surface area contributed by atoms with E-state index in [-0.39, 0.29) is 17.8 Å². The molecule has 0 amide bonds. The van der Waals surface area contributed by atoms with E-state index in [0.29, 0.717) is 6.61 Å². The average molecular weight is 234 g/mol. The summed E-state index contributed by atoms with van der Waals surface area (Å²) >= 11 is 0. The van der Waals surface area contributed by atoms with Crippen LogP contribution in [0.25, 0.3) is 0 Å². The van der Waals surface area contributed by atoms with E-state index in [1.165, 1.54) is 12.3 Å². The minimum Gasteiger partial charge on any atom is -0.461 e. The first-order chi connectivity index (χ1) is 8.29. The van der Waals surface area contributed by atoms with Crippen LogP contribution in [0.5, 0.6) is 0 Å². The summed E-state index contributed by atoms with van der Waals surface area (Å²) in [5, 5.41) is 0. The van der Waals surface area contributed by atoms with Gasteiger partial charge in [-0.2, -0.15) is 0 Å². The van der Waals surface area contributed by atoms with Crippen molar-refractivity contribution in [1.29, 1.82) is 0 Å². The summed E-state index contributed by atoms with van der Waals surface area (Å²) in [5.74, 6) is 1.40. The van der Waals surface area contributed by atoms with Crippen LogP contribution in [0.15, 0.2) is 40.5 Å². The topological polar surface area (TPSA) is 56.5 Å². The quantitative estimate of drug-likeness (QED) is 0.238. The Morgan fingerprint density at radius 3 is 2.94 bits per heavy atom. The lowest BCUT2D eigenvalue weighted by atomic mass is 10.1. The molecular formula is C13H14O4. The lowest BCUT2D eigenvalue weighted by molar-refractivity contribution is 0.100. The number of rotatable bonds is 7. The SMILES string of the molecule is COCCC=CCC(=C=O)C(=O)c1ccco1. The number of ketones is 1. The van der Waals surface area contributed by atoms with Crippen molar-refractivity contribution in [3.63, 3.8) is 0 Å². The second-order valence-electron chi connectivity index (χ2n) is 3.34. The number of furan rings is 1. The van der Waals surface area contributed by atoms with E-state index in [4.69, 9.17) is 9.15 Å². The molecular weight excluding hydrogens is 220 g/mol. The van der Waals surface area contributed by atoms with Crippen LogP contribution >= 0.6 is 0 Å². The summed E-state index contributed by atoms with van der Waals surface area (Å²) in [6.45, 7) is 0.614. The smallest absolute Gasteiger partial charge is 0.235 e. The molecule has 1 rings (SSSR count). The van der Waals surface area contributed by atoms with Gasteiger partial charge in [-0.05, 0) is 18.6 Å². The molecule has 0 N–H and O–H groups in total. The summed E-state index contributed by atoms with van der Waals surface area (Å²) < 4.78 is 9.79. The molecule has 1 aromatic heterocycles. The minimum absolute atomic E-state index is 0.0635. The van der Waals surface area contributed by atoms with Crippen molar-refractivity contribution < 1.29 is 18.7 Å². The fourth-order valence-electron chi connectivity index (χ4n) is 1.24. The zero-order chi connectivity index (χ0) is 12.5. The van der Waals surface area contributed by atoms with E-state index in [9.17, 15) is 9.59 Å². The molecule has 0 aliphatic heterocycles. The third kappa shape index (κ3) is 4.23. The van der Waals surface area contributed by atoms with Gasteiger partial charge in [0.05, 0.1) is 11.8 Å². The van der Waals surface area contributed by atoms with Gasteiger partial charge in [-0.25, -0.2) is 4.79 Å². The Kier molecular flexibility index (Phi) is 5.72. The van der Waals surface area contributed by atoms with E-state index in [1.54, 1.807) is 25.2 Å². The van der Waals surface area contributed by atoms with Crippen LogP contribution in [-0.2, 0) is 9.53 Å². The van der Waals surface area contributed by atoms with E-state index < -0.39 is 5.78 Å². The number of carbonyl (C=O) groups is 1. The largest absolute Gasteiger partial charge is 0.461 e. The van der Waals surface area contributed by atoms with Crippen LogP contribution in [0.3, 0.4) is 0 Å². The molecule has 17 heavy (non-hydrogen) atoms. The van der Waals surface area contributed by atoms with Crippen molar-refractivity contribution in [2.45, 2.75) is 12.8 Å². The van der Waals surface area contributed by atoms with Crippen LogP contribution in [0, 0.1) is 0 Å². The van der Waals surface area contributed by atoms with Crippen molar-refractivity contribution in [2.75, 3.05) is 13.7 Å². The molecule has 0 saturated heterocycles. The monoisotopic (exact) mass is 234 g/mol. The molecule has 0 bridgehead atoms. The number of Topliss-reactive ketones (excluding diaryl/α,β-unsaturated/α-hetero) is 1. The van der Waals surface area contributed by atoms with Gasteiger partial charge in [-0.3, -0.25) is 4.79 Å². The number of hydrogen-bond donors (Lipinski definition) is 0. The Labute approximate surface area is 99.6 Å². The summed E-state index contributed by atoms with van der Waals surface area (Å²) in [6, 6.07) is 3.12. The van der Waals surface area contributed by atoms with Crippen molar-refractivity contribution in [2.24, 2.45) is 0 Å². The second-order valence-corrected chi connectivity index (χ2v) is 3.34. The maximum Gasteiger partial charge on any atom is 0.235 e. The molecule has 4 heteroatoms. The number of methoxy groups -OCH3 is 1. The number of ether oxygens (including phenoxy) is 1. The summed E-state index contributed by atoms with van der Waals surface area (Å²) in [6.07, 6.45) is 6.00. The van der Waals surface area contributed by atoms with Gasteiger partial charge in [-0.1, -0.05) is 12.2 Å². The zero-order valence-corrected chi connectivity index (χ0v) is 9.64. The van der Waals surface area contributed by atoms with Gasteiger partial charge in [0.1, 0.15) is 5.94 Å². The second kappa shape index (κ2) is 7.39. The maximum atomic E-state index is 11.7. The highest BCUT2D eigenvalue weighted by Crippen LogP contribution is 2.10. The van der Waals surface area contributed by atoms with Crippen LogP contribution in [-0.4, -0.2) is 25.4 Å². The Morgan fingerprint density at radius 1 is 1.53 bits per heavy atom. The fourth-order valence-corrected chi connectivity index (χ4v) is 1.24. The van der Waals surface area contributed by atoms with Crippen LogP contribution in [0.4, 0.5) is 0 Å². The van der Waals surface area contributed by atoms with Crippen molar-refractivity contribution in [1.82, 2.24) is 0 Å². The standard InChI is InChI=1S/C13H14O4/c1-16-8-4-2-3-6-11(10-14)13(15)12-7-5-9-17-12/h2-3,5,7,9H,4,6,8H2,1H3. The third-order valence-electron chi connectivity index (χ3n) is 2.12. The molecule has 0 saturated carbocycles. The molecule has 1 heterocycles. The lowest BCUT2D eigenvalue weighted by Crippen LogP contribution is -2.02. The van der Waals surface area contributed by atoms with E-state index >= 15 is 0 Å². The first kappa shape index (κ1) is 13.2. The highest BCUT2D eigenvalue weighted by atomic mass is 16.5. The fraction of sp³-hybridized carbons (Fsp3) is 0.308. The summed E-state index contributed by atoms with van der Waals surface area (Å²) in [4.78, 5) is 22.4. The van der Waals surface area contributed by atoms with E-state index in [1.807, 2.05) is 6.08 Å². The van der Waals surface area contributed by atoms with Crippen LogP contribution in [0.1, 0.15) is 23.4 Å². The third-order valence-corrected chi connectivity index (χ3v) is 2.12. The van der Waals surface area contributed by atoms with Crippen LogP contribution < -0.4 is 0 Å². The average Bonchev–Trinajstić information content (AvgIpc) is 2.87. The van der Waals surface area contributed by atoms with Crippen molar-refractivity contribution >= 4 is 11.7 Å². The molecule has 0 atom stereocenters. The number of hydrogen-bond acceptors (Lipinski definition) is 4. The molecule has 1 aromatic rings. The molecule has 0 fully saturated rings. The highest BCUT2D eigenvalue weighted by molar-refractivity contribution is 6.11. The van der Waals surface area contributed by atoms with Gasteiger partial charge in [0.25, 0.3) is 0 Å². The number of allylic oxidation sites excluding steroid dienone is 2. The predicted octanol–water partition coefficient (Wildman–Crippen LogP) is 2.20. The van der Waals surface area contributed by atoms with Crippen molar-refractivity contribution in [3.8, 4) is 0 Å². The van der Waals surface area contributed by atoms with Gasteiger partial charge in [0, 0.05) is 20.1 Å². The van der Waals surface area contributed by atoms with Gasteiger partial charge < -0.3 is 9.15 Å². The molecule has 90 valence electrons. The summed E-state index contributed by atoms with van der Waals surface area (Å²) in [5.41, 5.74) is 0.0635. The Bertz CT molecular complexity index is 422. The molecule has 4 nitrogen and oxygen atoms in total. The molecule has 0 aromatic carbocycles. The normalized spacial score (nSPS) is 10.4. The first-order valence-electron chi connectivity index (χ1n) is 5.25. The van der Waals surface area contributed by atoms with E-state index in [0.717, 1.165) is 6.42 Å². The molecule has 0 unspecified atom stereocenters. The maximum absolute atomic E-state index is 11.7. The van der Waals surface area contributed by atoms with Gasteiger partial charge in [0.15, 0.2) is 5.76 Å². The summed E-state index contributed by atoms with van der Waals surface area (Å²) in [7, 11) is 1.62. The van der Waals surface area contributed by atoms with Gasteiger partial charge >= 0.3 is 0 Å². The molecule has 0 aliphatic rings. The molecule has 0 spiro atoms. The lowest BCUT2D eigenvalue weighted by Gasteiger charge is -1.96. The predicted molar refractivity (Wildman–Crippen MR) is 62.5 cm³/mol. The van der Waals surface area contributed by atoms with Gasteiger partial charge in [-0.15, -0.1) is 0 Å². The van der Waals surface area contributed by atoms with E-state index in [2.05, 4.69) is 0 Å². The van der Waals surface area contributed by atoms with Crippen molar-refractivity contribution in [3.05, 3.63) is 41.9 Å². The number of carbonyl (C=O) groups excluding carboxylic acids is 2. The van der Waals surface area contributed by atoms with Gasteiger partial charge in [0.2, 0.25) is 5.78 Å². The highest BCUT2D eigenvalue weighted by Gasteiger charge is 2.14. The Morgan fingerprint density at radius 2 is 2.35 bits per heavy atom. The van der Waals surface area contributed by atoms with Crippen LogP contribution in [0.2, 0.25) is 0 Å². The molecule has 0 aliphatic carbocycles. The molecule has 0 radical (unpaired) electrons. The zero-order valence-electron chi connectivity index (χ0n) is 9.64. The first-order valence-corrected chi connectivity index (χ1v) is 5.25.